The smallest absolute Gasteiger partial charge is 0.154 e. The molecule has 0 aliphatic rings. The highest BCUT2D eigenvalue weighted by Crippen LogP contribution is 2.28. The predicted molar refractivity (Wildman–Crippen MR) is 83.2 cm³/mol. The predicted octanol–water partition coefficient (Wildman–Crippen LogP) is 3.25. The van der Waals surface area contributed by atoms with E-state index < -0.39 is 14.6 Å². The van der Waals surface area contributed by atoms with E-state index in [0.29, 0.717) is 16.4 Å². The van der Waals surface area contributed by atoms with Gasteiger partial charge < -0.3 is 4.57 Å². The molecule has 110 valence electrons. The first-order valence-corrected chi connectivity index (χ1v) is 8.87. The zero-order chi connectivity index (χ0) is 15.1. The molecule has 0 unspecified atom stereocenters. The molecule has 7 heteroatoms. The Balaban J connectivity index is 2.62. The minimum absolute atomic E-state index is 0.199. The van der Waals surface area contributed by atoms with Gasteiger partial charge in [0.05, 0.1) is 21.2 Å². The molecule has 0 saturated heterocycles. The summed E-state index contributed by atoms with van der Waals surface area (Å²) in [5, 5.41) is 0.532. The number of aromatic nitrogens is 2. The van der Waals surface area contributed by atoms with Gasteiger partial charge in [0.1, 0.15) is 11.3 Å². The van der Waals surface area contributed by atoms with E-state index in [-0.39, 0.29) is 12.4 Å². The lowest BCUT2D eigenvalue weighted by molar-refractivity contribution is 0.503. The Morgan fingerprint density at radius 2 is 2.00 bits per heavy atom. The van der Waals surface area contributed by atoms with Crippen LogP contribution < -0.4 is 0 Å². The number of hydrogen-bond acceptors (Lipinski definition) is 3. The molecule has 2 aromatic rings. The van der Waals surface area contributed by atoms with Crippen LogP contribution in [0.15, 0.2) is 18.2 Å². The van der Waals surface area contributed by atoms with Crippen molar-refractivity contribution in [1.82, 2.24) is 9.55 Å². The first-order chi connectivity index (χ1) is 9.17. The second-order valence-electron chi connectivity index (χ2n) is 5.39. The van der Waals surface area contributed by atoms with E-state index in [4.69, 9.17) is 23.2 Å². The monoisotopic (exact) mass is 334 g/mol. The third kappa shape index (κ3) is 2.67. The van der Waals surface area contributed by atoms with E-state index in [2.05, 4.69) is 4.98 Å². The fourth-order valence-electron chi connectivity index (χ4n) is 1.94. The first kappa shape index (κ1) is 15.6. The Hall–Kier alpha value is -0.780. The number of halogens is 2. The third-order valence-electron chi connectivity index (χ3n) is 3.47. The minimum atomic E-state index is -3.21. The Morgan fingerprint density at radius 1 is 1.35 bits per heavy atom. The second-order valence-corrected chi connectivity index (χ2v) is 8.71. The van der Waals surface area contributed by atoms with Crippen LogP contribution in [-0.4, -0.2) is 29.0 Å². The van der Waals surface area contributed by atoms with Crippen molar-refractivity contribution in [2.75, 3.05) is 6.26 Å². The van der Waals surface area contributed by atoms with Gasteiger partial charge in [-0.3, -0.25) is 0 Å². The largest absolute Gasteiger partial charge is 0.325 e. The van der Waals surface area contributed by atoms with Gasteiger partial charge in [-0.1, -0.05) is 17.7 Å². The van der Waals surface area contributed by atoms with E-state index in [9.17, 15) is 8.42 Å². The lowest BCUT2D eigenvalue weighted by atomic mass is 10.2. The molecule has 0 N–H and O–H groups in total. The van der Waals surface area contributed by atoms with Gasteiger partial charge in [-0.15, -0.1) is 11.6 Å². The highest BCUT2D eigenvalue weighted by Gasteiger charge is 2.32. The number of benzene rings is 1. The fourth-order valence-corrected chi connectivity index (χ4v) is 2.72. The van der Waals surface area contributed by atoms with Crippen molar-refractivity contribution < 1.29 is 8.42 Å². The van der Waals surface area contributed by atoms with E-state index >= 15 is 0 Å². The van der Waals surface area contributed by atoms with Gasteiger partial charge >= 0.3 is 0 Å². The average Bonchev–Trinajstić information content (AvgIpc) is 2.67. The van der Waals surface area contributed by atoms with Gasteiger partial charge in [0.2, 0.25) is 0 Å². The summed E-state index contributed by atoms with van der Waals surface area (Å²) in [4.78, 5) is 4.40. The topological polar surface area (TPSA) is 52.0 Å². The van der Waals surface area contributed by atoms with Crippen LogP contribution in [0.25, 0.3) is 11.0 Å². The average molecular weight is 335 g/mol. The summed E-state index contributed by atoms with van der Waals surface area (Å²) in [7, 11) is -3.21. The van der Waals surface area contributed by atoms with Gasteiger partial charge in [0, 0.05) is 12.8 Å². The summed E-state index contributed by atoms with van der Waals surface area (Å²) in [5.74, 6) is 0.816. The van der Waals surface area contributed by atoms with E-state index in [0.717, 1.165) is 5.52 Å². The quantitative estimate of drug-likeness (QED) is 0.806. The molecular weight excluding hydrogens is 319 g/mol. The van der Waals surface area contributed by atoms with Crippen molar-refractivity contribution in [1.29, 1.82) is 0 Å². The minimum Gasteiger partial charge on any atom is -0.325 e. The van der Waals surface area contributed by atoms with Gasteiger partial charge in [0.25, 0.3) is 0 Å². The van der Waals surface area contributed by atoms with Crippen molar-refractivity contribution in [2.24, 2.45) is 0 Å². The number of nitrogens with zero attached hydrogens (tertiary/aromatic N) is 2. The molecule has 1 heterocycles. The van der Waals surface area contributed by atoms with Crippen molar-refractivity contribution >= 4 is 44.1 Å². The molecular formula is C13H16Cl2N2O2S. The summed E-state index contributed by atoms with van der Waals surface area (Å²) in [5.41, 5.74) is 1.44. The summed E-state index contributed by atoms with van der Waals surface area (Å²) in [6.45, 7) is 3.66. The Bertz CT molecular complexity index is 751. The van der Waals surface area contributed by atoms with Gasteiger partial charge in [-0.2, -0.15) is 0 Å². The number of hydrogen-bond donors (Lipinski definition) is 0. The standard InChI is InChI=1S/C13H16Cl2N2O2S/c1-13(2,20(3,18)19)8-17-10-6-4-5-9(15)12(10)16-11(17)7-14/h4-6H,7-8H2,1-3H3. The zero-order valence-corrected chi connectivity index (χ0v) is 13.8. The highest BCUT2D eigenvalue weighted by molar-refractivity contribution is 7.92. The maximum atomic E-state index is 11.9. The molecule has 0 bridgehead atoms. The molecule has 0 saturated carbocycles. The van der Waals surface area contributed by atoms with E-state index in [1.54, 1.807) is 19.9 Å². The van der Waals surface area contributed by atoms with Crippen LogP contribution in [0.1, 0.15) is 19.7 Å². The van der Waals surface area contributed by atoms with Crippen LogP contribution in [0.2, 0.25) is 5.02 Å². The Kier molecular flexibility index (Phi) is 4.06. The summed E-state index contributed by atoms with van der Waals surface area (Å²) in [6, 6.07) is 5.43. The lowest BCUT2D eigenvalue weighted by Gasteiger charge is -2.24. The number of imidazole rings is 1. The van der Waals surface area contributed by atoms with Gasteiger partial charge in [0.15, 0.2) is 9.84 Å². The number of sulfone groups is 1. The second kappa shape index (κ2) is 5.20. The third-order valence-corrected chi connectivity index (χ3v) is 6.15. The molecule has 2 rings (SSSR count). The van der Waals surface area contributed by atoms with Crippen LogP contribution in [0.4, 0.5) is 0 Å². The molecule has 0 aliphatic carbocycles. The lowest BCUT2D eigenvalue weighted by Crippen LogP contribution is -2.36. The molecule has 0 amide bonds. The van der Waals surface area contributed by atoms with Crippen LogP contribution >= 0.6 is 23.2 Å². The van der Waals surface area contributed by atoms with Crippen LogP contribution in [0.3, 0.4) is 0 Å². The molecule has 1 aromatic heterocycles. The Labute approximate surface area is 128 Å². The van der Waals surface area contributed by atoms with Crippen molar-refractivity contribution in [3.05, 3.63) is 29.0 Å². The molecule has 0 aliphatic heterocycles. The number of rotatable bonds is 4. The summed E-state index contributed by atoms with van der Waals surface area (Å²) >= 11 is 12.0. The molecule has 0 atom stereocenters. The van der Waals surface area contributed by atoms with Gasteiger partial charge in [-0.25, -0.2) is 13.4 Å². The van der Waals surface area contributed by atoms with Crippen molar-refractivity contribution in [2.45, 2.75) is 31.0 Å². The fraction of sp³-hybridized carbons (Fsp3) is 0.462. The molecule has 1 aromatic carbocycles. The number of alkyl halides is 1. The SMILES string of the molecule is CC(C)(Cn1c(CCl)nc2c(Cl)cccc21)S(C)(=O)=O. The summed E-state index contributed by atoms with van der Waals surface area (Å²) in [6.07, 6.45) is 1.24. The van der Waals surface area contributed by atoms with Crippen molar-refractivity contribution in [3.8, 4) is 0 Å². The Morgan fingerprint density at radius 3 is 2.55 bits per heavy atom. The van der Waals surface area contributed by atoms with Crippen molar-refractivity contribution in [3.63, 3.8) is 0 Å². The van der Waals surface area contributed by atoms with E-state index in [1.807, 2.05) is 16.7 Å². The maximum absolute atomic E-state index is 11.9. The molecule has 0 fully saturated rings. The summed E-state index contributed by atoms with van der Waals surface area (Å²) < 4.78 is 24.7. The van der Waals surface area contributed by atoms with Crippen LogP contribution in [0.5, 0.6) is 0 Å². The number of para-hydroxylation sites is 1. The molecule has 0 radical (unpaired) electrons. The highest BCUT2D eigenvalue weighted by atomic mass is 35.5. The van der Waals surface area contributed by atoms with Gasteiger partial charge in [-0.05, 0) is 26.0 Å². The van der Waals surface area contributed by atoms with E-state index in [1.165, 1.54) is 6.26 Å². The number of fused-ring (bicyclic) bond motifs is 1. The first-order valence-electron chi connectivity index (χ1n) is 6.06. The van der Waals surface area contributed by atoms with Crippen LogP contribution in [-0.2, 0) is 22.3 Å². The molecule has 4 nitrogen and oxygen atoms in total. The maximum Gasteiger partial charge on any atom is 0.154 e. The zero-order valence-electron chi connectivity index (χ0n) is 11.5. The van der Waals surface area contributed by atoms with Crippen LogP contribution in [0, 0.1) is 0 Å². The molecule has 20 heavy (non-hydrogen) atoms. The molecule has 0 spiro atoms. The normalized spacial score (nSPS) is 13.1.